The molecule has 0 aliphatic rings. The summed E-state index contributed by atoms with van der Waals surface area (Å²) in [6.45, 7) is 19.1. The fraction of sp³-hybridized carbons (Fsp3) is 0.647. The molecule has 0 aliphatic heterocycles. The summed E-state index contributed by atoms with van der Waals surface area (Å²) in [6.07, 6.45) is 1.25. The predicted octanol–water partition coefficient (Wildman–Crippen LogP) is 6.17. The number of hydrogen-bond acceptors (Lipinski definition) is 1. The van der Waals surface area contributed by atoms with E-state index < -0.39 is 0 Å². The first kappa shape index (κ1) is 22.2. The number of benzene rings is 1. The highest BCUT2D eigenvalue weighted by atomic mass is 16.5. The van der Waals surface area contributed by atoms with Crippen LogP contribution in [0.3, 0.4) is 0 Å². The Balaban J connectivity index is -0.000000274. The van der Waals surface area contributed by atoms with Gasteiger partial charge in [0, 0.05) is 0 Å². The van der Waals surface area contributed by atoms with Crippen molar-refractivity contribution in [3.8, 4) is 5.75 Å². The van der Waals surface area contributed by atoms with E-state index in [-0.39, 0.29) is 0 Å². The van der Waals surface area contributed by atoms with E-state index in [1.807, 2.05) is 40.7 Å². The van der Waals surface area contributed by atoms with Crippen LogP contribution >= 0.6 is 0 Å². The first-order valence-electron chi connectivity index (χ1n) is 7.35. The van der Waals surface area contributed by atoms with Gasteiger partial charge in [0.05, 0.1) is 6.61 Å². The van der Waals surface area contributed by atoms with Crippen LogP contribution in [0.1, 0.15) is 66.0 Å². The molecule has 18 heavy (non-hydrogen) atoms. The highest BCUT2D eigenvalue weighted by Crippen LogP contribution is 2.18. The molecule has 0 aromatic heterocycles. The summed E-state index contributed by atoms with van der Waals surface area (Å²) in [6, 6.07) is 6.22. The number of ether oxygens (including phenoxy) is 1. The third kappa shape index (κ3) is 13.1. The molecule has 1 aromatic carbocycles. The summed E-state index contributed by atoms with van der Waals surface area (Å²) in [4.78, 5) is 0. The largest absolute Gasteiger partial charge is 0.494 e. The Kier molecular flexibility index (Phi) is 22.7. The van der Waals surface area contributed by atoms with Crippen molar-refractivity contribution >= 4 is 0 Å². The van der Waals surface area contributed by atoms with E-state index >= 15 is 0 Å². The second kappa shape index (κ2) is 18.4. The van der Waals surface area contributed by atoms with E-state index in [4.69, 9.17) is 4.74 Å². The molecule has 0 aliphatic carbocycles. The van der Waals surface area contributed by atoms with Gasteiger partial charge in [-0.3, -0.25) is 0 Å². The number of rotatable bonds is 2. The average molecular weight is 254 g/mol. The lowest BCUT2D eigenvalue weighted by Gasteiger charge is -2.06. The van der Waals surface area contributed by atoms with Gasteiger partial charge in [0.1, 0.15) is 5.75 Å². The maximum atomic E-state index is 5.39. The second-order valence-corrected chi connectivity index (χ2v) is 3.41. The van der Waals surface area contributed by atoms with Gasteiger partial charge in [-0.1, -0.05) is 65.7 Å². The van der Waals surface area contributed by atoms with E-state index in [9.17, 15) is 0 Å². The smallest absolute Gasteiger partial charge is 0.122 e. The van der Waals surface area contributed by atoms with E-state index in [0.717, 1.165) is 12.4 Å². The molecule has 1 aromatic rings. The van der Waals surface area contributed by atoms with Crippen LogP contribution in [0.4, 0.5) is 0 Å². The monoisotopic (exact) mass is 254 g/mol. The molecule has 0 saturated heterocycles. The zero-order valence-electron chi connectivity index (χ0n) is 14.1. The predicted molar refractivity (Wildman–Crippen MR) is 85.7 cm³/mol. The van der Waals surface area contributed by atoms with Crippen LogP contribution in [-0.2, 0) is 0 Å². The van der Waals surface area contributed by atoms with Gasteiger partial charge >= 0.3 is 0 Å². The van der Waals surface area contributed by atoms with Gasteiger partial charge in [-0.15, -0.1) is 0 Å². The average Bonchev–Trinajstić information content (AvgIpc) is 2.39. The molecule has 1 rings (SSSR count). The van der Waals surface area contributed by atoms with Crippen LogP contribution in [0, 0.1) is 13.8 Å². The summed E-state index contributed by atoms with van der Waals surface area (Å²) in [7, 11) is 0. The van der Waals surface area contributed by atoms with Crippen LogP contribution in [0.2, 0.25) is 0 Å². The van der Waals surface area contributed by atoms with E-state index in [1.165, 1.54) is 17.5 Å². The van der Waals surface area contributed by atoms with Crippen molar-refractivity contribution < 1.29 is 4.74 Å². The van der Waals surface area contributed by atoms with Gasteiger partial charge in [-0.2, -0.15) is 0 Å². The zero-order chi connectivity index (χ0) is 15.0. The van der Waals surface area contributed by atoms with Crippen LogP contribution in [-0.4, -0.2) is 6.61 Å². The minimum absolute atomic E-state index is 0.740. The summed E-state index contributed by atoms with van der Waals surface area (Å²) in [5, 5.41) is 0. The van der Waals surface area contributed by atoms with Crippen molar-refractivity contribution in [2.45, 2.75) is 68.7 Å². The summed E-state index contributed by atoms with van der Waals surface area (Å²) in [5.74, 6) is 0.998. The second-order valence-electron chi connectivity index (χ2n) is 3.41. The topological polar surface area (TPSA) is 9.23 Å². The molecule has 0 bridgehead atoms. The minimum Gasteiger partial charge on any atom is -0.494 e. The highest BCUT2D eigenvalue weighted by Gasteiger charge is 1.96. The maximum Gasteiger partial charge on any atom is 0.122 e. The Morgan fingerprint density at radius 2 is 1.33 bits per heavy atom. The Labute approximate surface area is 116 Å². The summed E-state index contributed by atoms with van der Waals surface area (Å²) in [5.41, 5.74) is 2.50. The molecule has 108 valence electrons. The quantitative estimate of drug-likeness (QED) is 0.613. The lowest BCUT2D eigenvalue weighted by atomic mass is 10.1. The Bertz CT molecular complexity index is 254. The molecule has 0 unspecified atom stereocenters. The lowest BCUT2D eigenvalue weighted by molar-refractivity contribution is 0.338. The number of hydrogen-bond donors (Lipinski definition) is 0. The molecule has 0 spiro atoms. The third-order valence-corrected chi connectivity index (χ3v) is 1.63. The highest BCUT2D eigenvalue weighted by molar-refractivity contribution is 5.35. The molecule has 0 saturated carbocycles. The first-order chi connectivity index (χ1) is 8.65. The Morgan fingerprint density at radius 3 is 1.67 bits per heavy atom. The molecular weight excluding hydrogens is 220 g/mol. The molecular formula is C17H34O. The van der Waals surface area contributed by atoms with Crippen molar-refractivity contribution in [1.82, 2.24) is 0 Å². The molecule has 1 heteroatoms. The van der Waals surface area contributed by atoms with Crippen LogP contribution in [0.5, 0.6) is 5.75 Å². The Hall–Kier alpha value is -0.980. The molecule has 0 N–H and O–H groups in total. The summed E-state index contributed by atoms with van der Waals surface area (Å²) >= 11 is 0. The van der Waals surface area contributed by atoms with Gasteiger partial charge in [0.15, 0.2) is 0 Å². The number of aryl methyl sites for hydroxylation is 2. The molecule has 1 nitrogen and oxygen atoms in total. The van der Waals surface area contributed by atoms with E-state index in [0.29, 0.717) is 0 Å². The molecule has 0 heterocycles. The first-order valence-corrected chi connectivity index (χ1v) is 7.35. The zero-order valence-corrected chi connectivity index (χ0v) is 14.1. The maximum absolute atomic E-state index is 5.39. The van der Waals surface area contributed by atoms with E-state index in [2.05, 4.69) is 39.8 Å². The standard InChI is InChI=1S/C10H14O.C3H8.2C2H6/c1-4-11-10-6-5-8(2)7-9(10)3;1-3-2;2*1-2/h5-7H,4H2,1-3H3;3H2,1-2H3;2*1-2H3. The van der Waals surface area contributed by atoms with Crippen molar-refractivity contribution in [3.63, 3.8) is 0 Å². The Morgan fingerprint density at radius 1 is 0.889 bits per heavy atom. The third-order valence-electron chi connectivity index (χ3n) is 1.63. The summed E-state index contributed by atoms with van der Waals surface area (Å²) < 4.78 is 5.39. The van der Waals surface area contributed by atoms with E-state index in [1.54, 1.807) is 0 Å². The minimum atomic E-state index is 0.740. The van der Waals surface area contributed by atoms with Crippen LogP contribution < -0.4 is 4.74 Å². The van der Waals surface area contributed by atoms with Gasteiger partial charge < -0.3 is 4.74 Å². The molecule has 0 atom stereocenters. The fourth-order valence-corrected chi connectivity index (χ4v) is 1.12. The van der Waals surface area contributed by atoms with Crippen molar-refractivity contribution in [1.29, 1.82) is 0 Å². The molecule has 0 radical (unpaired) electrons. The van der Waals surface area contributed by atoms with Crippen LogP contribution in [0.25, 0.3) is 0 Å². The SMILES string of the molecule is CC.CC.CCC.CCOc1ccc(C)cc1C. The van der Waals surface area contributed by atoms with Crippen LogP contribution in [0.15, 0.2) is 18.2 Å². The lowest BCUT2D eigenvalue weighted by Crippen LogP contribution is -1.93. The van der Waals surface area contributed by atoms with Crippen molar-refractivity contribution in [2.24, 2.45) is 0 Å². The molecule has 0 fully saturated rings. The van der Waals surface area contributed by atoms with Crippen molar-refractivity contribution in [2.75, 3.05) is 6.61 Å². The van der Waals surface area contributed by atoms with Gasteiger partial charge in [0.25, 0.3) is 0 Å². The van der Waals surface area contributed by atoms with Gasteiger partial charge in [0.2, 0.25) is 0 Å². The fourth-order valence-electron chi connectivity index (χ4n) is 1.12. The van der Waals surface area contributed by atoms with Crippen molar-refractivity contribution in [3.05, 3.63) is 29.3 Å². The van der Waals surface area contributed by atoms with Gasteiger partial charge in [-0.05, 0) is 32.4 Å². The molecule has 0 amide bonds. The normalized spacial score (nSPS) is 7.61. The van der Waals surface area contributed by atoms with Gasteiger partial charge in [-0.25, -0.2) is 0 Å².